The lowest BCUT2D eigenvalue weighted by Gasteiger charge is -2.33. The standard InChI is InChI=1S/C11H21NO2/c1-8-5-9(6-8)12-10(13)7-14-11(2,3)4/h8-9H,5-7H2,1-4H3,(H,12,13). The molecule has 1 aliphatic carbocycles. The van der Waals surface area contributed by atoms with Crippen LogP contribution in [0.3, 0.4) is 0 Å². The number of carbonyl (C=O) groups is 1. The quantitative estimate of drug-likeness (QED) is 0.751. The average Bonchev–Trinajstić information content (AvgIpc) is 1.97. The maximum Gasteiger partial charge on any atom is 0.246 e. The van der Waals surface area contributed by atoms with Gasteiger partial charge in [-0.15, -0.1) is 0 Å². The Balaban J connectivity index is 2.11. The van der Waals surface area contributed by atoms with E-state index in [0.29, 0.717) is 6.04 Å². The minimum atomic E-state index is -0.232. The van der Waals surface area contributed by atoms with E-state index in [9.17, 15) is 4.79 Å². The fourth-order valence-corrected chi connectivity index (χ4v) is 1.57. The summed E-state index contributed by atoms with van der Waals surface area (Å²) in [6.07, 6.45) is 2.22. The highest BCUT2D eigenvalue weighted by Crippen LogP contribution is 2.26. The van der Waals surface area contributed by atoms with Gasteiger partial charge >= 0.3 is 0 Å². The summed E-state index contributed by atoms with van der Waals surface area (Å²) in [6, 6.07) is 0.390. The summed E-state index contributed by atoms with van der Waals surface area (Å²) in [6.45, 7) is 8.23. The Morgan fingerprint density at radius 3 is 2.43 bits per heavy atom. The van der Waals surface area contributed by atoms with Crippen molar-refractivity contribution in [2.24, 2.45) is 5.92 Å². The predicted octanol–water partition coefficient (Wildman–Crippen LogP) is 1.72. The second kappa shape index (κ2) is 4.30. The number of hydrogen-bond donors (Lipinski definition) is 1. The molecule has 82 valence electrons. The van der Waals surface area contributed by atoms with Gasteiger partial charge in [-0.3, -0.25) is 4.79 Å². The van der Waals surface area contributed by atoms with Crippen molar-refractivity contribution in [3.63, 3.8) is 0 Å². The van der Waals surface area contributed by atoms with Crippen molar-refractivity contribution in [1.29, 1.82) is 0 Å². The predicted molar refractivity (Wildman–Crippen MR) is 56.0 cm³/mol. The zero-order chi connectivity index (χ0) is 10.8. The maximum absolute atomic E-state index is 11.4. The Hall–Kier alpha value is -0.570. The topological polar surface area (TPSA) is 38.3 Å². The van der Waals surface area contributed by atoms with Gasteiger partial charge in [0.25, 0.3) is 0 Å². The van der Waals surface area contributed by atoms with Crippen LogP contribution in [0.1, 0.15) is 40.5 Å². The molecule has 0 spiro atoms. The van der Waals surface area contributed by atoms with Gasteiger partial charge in [0.05, 0.1) is 5.60 Å². The molecule has 0 bridgehead atoms. The molecule has 0 saturated heterocycles. The Bertz CT molecular complexity index is 202. The first-order chi connectivity index (χ1) is 6.37. The van der Waals surface area contributed by atoms with Crippen molar-refractivity contribution >= 4 is 5.91 Å². The number of rotatable bonds is 3. The van der Waals surface area contributed by atoms with Crippen LogP contribution < -0.4 is 5.32 Å². The van der Waals surface area contributed by atoms with Crippen molar-refractivity contribution < 1.29 is 9.53 Å². The van der Waals surface area contributed by atoms with Crippen molar-refractivity contribution in [3.8, 4) is 0 Å². The van der Waals surface area contributed by atoms with Gasteiger partial charge in [0.1, 0.15) is 6.61 Å². The summed E-state index contributed by atoms with van der Waals surface area (Å²) in [7, 11) is 0. The van der Waals surface area contributed by atoms with E-state index in [1.54, 1.807) is 0 Å². The number of ether oxygens (including phenoxy) is 1. The molecule has 0 aliphatic heterocycles. The highest BCUT2D eigenvalue weighted by molar-refractivity contribution is 5.77. The molecule has 0 radical (unpaired) electrons. The minimum absolute atomic E-state index is 0.0109. The monoisotopic (exact) mass is 199 g/mol. The van der Waals surface area contributed by atoms with Crippen LogP contribution in [0.2, 0.25) is 0 Å². The van der Waals surface area contributed by atoms with Gasteiger partial charge < -0.3 is 10.1 Å². The van der Waals surface area contributed by atoms with Crippen LogP contribution in [0.15, 0.2) is 0 Å². The molecule has 0 atom stereocenters. The fraction of sp³-hybridized carbons (Fsp3) is 0.909. The van der Waals surface area contributed by atoms with E-state index in [2.05, 4.69) is 12.2 Å². The van der Waals surface area contributed by atoms with Crippen LogP contribution in [0, 0.1) is 5.92 Å². The molecule has 0 aromatic carbocycles. The lowest BCUT2D eigenvalue weighted by molar-refractivity contribution is -0.132. The molecule has 3 nitrogen and oxygen atoms in total. The lowest BCUT2D eigenvalue weighted by Crippen LogP contribution is -2.45. The van der Waals surface area contributed by atoms with Crippen LogP contribution in [0.25, 0.3) is 0 Å². The largest absolute Gasteiger partial charge is 0.366 e. The molecule has 1 aliphatic rings. The summed E-state index contributed by atoms with van der Waals surface area (Å²) in [5, 5.41) is 2.96. The van der Waals surface area contributed by atoms with E-state index in [1.807, 2.05) is 20.8 Å². The number of carbonyl (C=O) groups excluding carboxylic acids is 1. The van der Waals surface area contributed by atoms with Crippen LogP contribution in [0.4, 0.5) is 0 Å². The van der Waals surface area contributed by atoms with Crippen LogP contribution in [-0.2, 0) is 9.53 Å². The number of amides is 1. The molecule has 14 heavy (non-hydrogen) atoms. The van der Waals surface area contributed by atoms with Gasteiger partial charge in [0, 0.05) is 6.04 Å². The average molecular weight is 199 g/mol. The molecule has 1 N–H and O–H groups in total. The molecule has 0 aromatic heterocycles. The van der Waals surface area contributed by atoms with Crippen molar-refractivity contribution in [2.75, 3.05) is 6.61 Å². The van der Waals surface area contributed by atoms with Gasteiger partial charge in [-0.1, -0.05) is 6.92 Å². The third-order valence-corrected chi connectivity index (χ3v) is 2.38. The van der Waals surface area contributed by atoms with Crippen LogP contribution in [0.5, 0.6) is 0 Å². The first kappa shape index (κ1) is 11.5. The van der Waals surface area contributed by atoms with Crippen molar-refractivity contribution in [2.45, 2.75) is 52.2 Å². The normalized spacial score (nSPS) is 26.9. The molecule has 1 fully saturated rings. The van der Waals surface area contributed by atoms with E-state index >= 15 is 0 Å². The molecule has 3 heteroatoms. The van der Waals surface area contributed by atoms with Gasteiger partial charge in [-0.05, 0) is 39.5 Å². The number of hydrogen-bond acceptors (Lipinski definition) is 2. The molecular weight excluding hydrogens is 178 g/mol. The highest BCUT2D eigenvalue weighted by Gasteiger charge is 2.26. The molecule has 0 heterocycles. The first-order valence-corrected chi connectivity index (χ1v) is 5.30. The second-order valence-corrected chi connectivity index (χ2v) is 5.24. The highest BCUT2D eigenvalue weighted by atomic mass is 16.5. The zero-order valence-corrected chi connectivity index (χ0v) is 9.59. The lowest BCUT2D eigenvalue weighted by atomic mass is 9.82. The molecular formula is C11H21NO2. The summed E-state index contributed by atoms with van der Waals surface area (Å²) in [5.74, 6) is 0.778. The van der Waals surface area contributed by atoms with Crippen LogP contribution in [-0.4, -0.2) is 24.2 Å². The molecule has 1 saturated carbocycles. The SMILES string of the molecule is CC1CC(NC(=O)COC(C)(C)C)C1. The molecule has 0 unspecified atom stereocenters. The van der Waals surface area contributed by atoms with Gasteiger partial charge in [0.2, 0.25) is 5.91 Å². The van der Waals surface area contributed by atoms with E-state index in [1.165, 1.54) is 0 Å². The maximum atomic E-state index is 11.4. The zero-order valence-electron chi connectivity index (χ0n) is 9.59. The molecule has 1 rings (SSSR count). The molecule has 0 aromatic rings. The smallest absolute Gasteiger partial charge is 0.246 e. The van der Waals surface area contributed by atoms with E-state index in [0.717, 1.165) is 18.8 Å². The van der Waals surface area contributed by atoms with Gasteiger partial charge in [-0.25, -0.2) is 0 Å². The Kier molecular flexibility index (Phi) is 3.53. The van der Waals surface area contributed by atoms with E-state index < -0.39 is 0 Å². The first-order valence-electron chi connectivity index (χ1n) is 5.30. The number of nitrogens with one attached hydrogen (secondary N) is 1. The Morgan fingerprint density at radius 1 is 1.43 bits per heavy atom. The second-order valence-electron chi connectivity index (χ2n) is 5.24. The minimum Gasteiger partial charge on any atom is -0.366 e. The summed E-state index contributed by atoms with van der Waals surface area (Å²) in [5.41, 5.74) is -0.232. The van der Waals surface area contributed by atoms with E-state index in [4.69, 9.17) is 4.74 Å². The molecule has 1 amide bonds. The Morgan fingerprint density at radius 2 is 2.00 bits per heavy atom. The van der Waals surface area contributed by atoms with Crippen LogP contribution >= 0.6 is 0 Å². The van der Waals surface area contributed by atoms with Gasteiger partial charge in [0.15, 0.2) is 0 Å². The summed E-state index contributed by atoms with van der Waals surface area (Å²) in [4.78, 5) is 11.4. The third-order valence-electron chi connectivity index (χ3n) is 2.38. The van der Waals surface area contributed by atoms with Gasteiger partial charge in [-0.2, -0.15) is 0 Å². The third kappa shape index (κ3) is 4.09. The summed E-state index contributed by atoms with van der Waals surface area (Å²) < 4.78 is 5.38. The Labute approximate surface area is 86.2 Å². The van der Waals surface area contributed by atoms with Crippen molar-refractivity contribution in [3.05, 3.63) is 0 Å². The van der Waals surface area contributed by atoms with Crippen molar-refractivity contribution in [1.82, 2.24) is 5.32 Å². The van der Waals surface area contributed by atoms with E-state index in [-0.39, 0.29) is 18.1 Å². The summed E-state index contributed by atoms with van der Waals surface area (Å²) >= 11 is 0. The fourth-order valence-electron chi connectivity index (χ4n) is 1.57.